The normalized spacial score (nSPS) is 12.1. The fourth-order valence-electron chi connectivity index (χ4n) is 7.31. The topological polar surface area (TPSA) is 24.1 Å². The lowest BCUT2D eigenvalue weighted by atomic mass is 9.82. The van der Waals surface area contributed by atoms with Crippen LogP contribution in [0.5, 0.6) is 0 Å². The van der Waals surface area contributed by atoms with Gasteiger partial charge in [-0.1, -0.05) is 159 Å². The van der Waals surface area contributed by atoms with Gasteiger partial charge in [0, 0.05) is 38.0 Å². The third-order valence-corrected chi connectivity index (χ3v) is 11.6. The average molecular weight is 715 g/mol. The summed E-state index contributed by atoms with van der Waals surface area (Å²) in [6.45, 7) is 16.1. The second-order valence-corrected chi connectivity index (χ2v) is 17.7. The van der Waals surface area contributed by atoms with Crippen LogP contribution >= 0.6 is 11.3 Å². The summed E-state index contributed by atoms with van der Waals surface area (Å²) in [6.07, 6.45) is 6.05. The molecule has 53 heavy (non-hydrogen) atoms. The summed E-state index contributed by atoms with van der Waals surface area (Å²) in [5, 5.41) is 10.7. The number of benzene rings is 6. The Morgan fingerprint density at radius 2 is 1.06 bits per heavy atom. The minimum atomic E-state index is -0.0542. The van der Waals surface area contributed by atoms with Gasteiger partial charge in [-0.2, -0.15) is 0 Å². The summed E-state index contributed by atoms with van der Waals surface area (Å²) < 4.78 is 2.67. The van der Waals surface area contributed by atoms with Crippen molar-refractivity contribution in [1.29, 1.82) is 0 Å². The molecule has 7 rings (SSSR count). The van der Waals surface area contributed by atoms with E-state index in [4.69, 9.17) is 0 Å². The summed E-state index contributed by atoms with van der Waals surface area (Å²) >= 11 is 1.91. The van der Waals surface area contributed by atoms with Crippen LogP contribution in [0, 0.1) is 0 Å². The maximum Gasteiger partial charge on any atom is 0.0598 e. The SMILES string of the molecule is CCCCCCc1ccc2c(sc3ccccc32)c1Nc1cc(Nc2c(-c3ccccc3)cc(C(C)(C)C)cc2-c2ccccc2)cc(C(C)(C)C)c1. The molecule has 0 unspecified atom stereocenters. The first-order chi connectivity index (χ1) is 25.5. The first-order valence-corrected chi connectivity index (χ1v) is 20.2. The number of rotatable bonds is 11. The Morgan fingerprint density at radius 1 is 0.509 bits per heavy atom. The molecule has 0 spiro atoms. The van der Waals surface area contributed by atoms with Gasteiger partial charge in [0.25, 0.3) is 0 Å². The summed E-state index contributed by atoms with van der Waals surface area (Å²) in [5.74, 6) is 0. The maximum atomic E-state index is 4.05. The van der Waals surface area contributed by atoms with Crippen molar-refractivity contribution >= 4 is 54.3 Å². The molecule has 0 aliphatic carbocycles. The molecule has 0 aliphatic rings. The lowest BCUT2D eigenvalue weighted by Crippen LogP contribution is -2.13. The highest BCUT2D eigenvalue weighted by Gasteiger charge is 2.23. The van der Waals surface area contributed by atoms with Crippen LogP contribution in [0.15, 0.2) is 127 Å². The molecule has 1 aromatic heterocycles. The monoisotopic (exact) mass is 714 g/mol. The predicted molar refractivity (Wildman–Crippen MR) is 235 cm³/mol. The second kappa shape index (κ2) is 15.2. The summed E-state index contributed by atoms with van der Waals surface area (Å²) in [5.41, 5.74) is 13.3. The Balaban J connectivity index is 1.39. The van der Waals surface area contributed by atoms with Crippen LogP contribution in [0.4, 0.5) is 22.7 Å². The number of fused-ring (bicyclic) bond motifs is 3. The third-order valence-electron chi connectivity index (χ3n) is 10.4. The van der Waals surface area contributed by atoms with Gasteiger partial charge in [-0.15, -0.1) is 11.3 Å². The van der Waals surface area contributed by atoms with Crippen LogP contribution in [0.1, 0.15) is 90.8 Å². The fourth-order valence-corrected chi connectivity index (χ4v) is 8.54. The lowest BCUT2D eigenvalue weighted by molar-refractivity contribution is 0.590. The molecule has 270 valence electrons. The van der Waals surface area contributed by atoms with Crippen molar-refractivity contribution in [3.8, 4) is 22.3 Å². The number of unbranched alkanes of at least 4 members (excludes halogenated alkanes) is 3. The molecular formula is C50H54N2S. The molecule has 0 aliphatic heterocycles. The van der Waals surface area contributed by atoms with E-state index in [1.54, 1.807) is 0 Å². The van der Waals surface area contributed by atoms with Gasteiger partial charge in [0.2, 0.25) is 0 Å². The molecule has 7 aromatic rings. The molecule has 0 amide bonds. The standard InChI is InChI=1S/C50H54N2S/c1-8-9-10-13-24-36-27-28-42-41-25-18-19-26-45(41)53-48(42)46(36)51-39-29-37(49(2,3)4)30-40(33-39)52-47-43(34-20-14-11-15-21-34)31-38(50(5,6)7)32-44(47)35-22-16-12-17-23-35/h11-12,14-23,25-33,51-52H,8-10,13,24H2,1-7H3. The summed E-state index contributed by atoms with van der Waals surface area (Å²) in [6, 6.07) is 47.0. The van der Waals surface area contributed by atoms with Crippen molar-refractivity contribution in [3.63, 3.8) is 0 Å². The first-order valence-electron chi connectivity index (χ1n) is 19.4. The van der Waals surface area contributed by atoms with Crippen LogP contribution < -0.4 is 10.6 Å². The van der Waals surface area contributed by atoms with E-state index in [0.717, 1.165) is 23.5 Å². The molecule has 2 nitrogen and oxygen atoms in total. The molecule has 3 heteroatoms. The Hall–Kier alpha value is -4.86. The lowest BCUT2D eigenvalue weighted by Gasteiger charge is -2.26. The average Bonchev–Trinajstić information content (AvgIpc) is 3.53. The highest BCUT2D eigenvalue weighted by molar-refractivity contribution is 7.26. The minimum Gasteiger partial charge on any atom is -0.354 e. The zero-order valence-electron chi connectivity index (χ0n) is 32.6. The number of aryl methyl sites for hydroxylation is 1. The summed E-state index contributed by atoms with van der Waals surface area (Å²) in [4.78, 5) is 0. The number of hydrogen-bond donors (Lipinski definition) is 2. The van der Waals surface area contributed by atoms with Crippen molar-refractivity contribution in [1.82, 2.24) is 0 Å². The Morgan fingerprint density at radius 3 is 1.64 bits per heavy atom. The van der Waals surface area contributed by atoms with E-state index in [-0.39, 0.29) is 10.8 Å². The molecule has 0 bridgehead atoms. The van der Waals surface area contributed by atoms with Gasteiger partial charge in [0.05, 0.1) is 16.1 Å². The van der Waals surface area contributed by atoms with Gasteiger partial charge in [-0.25, -0.2) is 0 Å². The Bertz CT molecular complexity index is 2280. The molecule has 6 aromatic carbocycles. The molecule has 1 heterocycles. The Kier molecular flexibility index (Phi) is 10.5. The summed E-state index contributed by atoms with van der Waals surface area (Å²) in [7, 11) is 0. The van der Waals surface area contributed by atoms with Crippen molar-refractivity contribution in [3.05, 3.63) is 144 Å². The first kappa shape index (κ1) is 36.5. The number of anilines is 4. The van der Waals surface area contributed by atoms with E-state index in [9.17, 15) is 0 Å². The number of thiophene rings is 1. The van der Waals surface area contributed by atoms with Crippen molar-refractivity contribution in [2.24, 2.45) is 0 Å². The van der Waals surface area contributed by atoms with Gasteiger partial charge >= 0.3 is 0 Å². The van der Waals surface area contributed by atoms with Gasteiger partial charge in [-0.3, -0.25) is 0 Å². The molecule has 0 atom stereocenters. The van der Waals surface area contributed by atoms with E-state index in [1.807, 2.05) is 11.3 Å². The van der Waals surface area contributed by atoms with Crippen molar-refractivity contribution in [2.75, 3.05) is 10.6 Å². The molecule has 2 N–H and O–H groups in total. The second-order valence-electron chi connectivity index (χ2n) is 16.6. The van der Waals surface area contributed by atoms with Gasteiger partial charge < -0.3 is 10.6 Å². The van der Waals surface area contributed by atoms with Crippen LogP contribution in [0.25, 0.3) is 42.4 Å². The van der Waals surface area contributed by atoms with Gasteiger partial charge in [-0.05, 0) is 87.9 Å². The van der Waals surface area contributed by atoms with E-state index in [0.29, 0.717) is 0 Å². The zero-order chi connectivity index (χ0) is 37.2. The van der Waals surface area contributed by atoms with Crippen LogP contribution in [-0.2, 0) is 17.3 Å². The third kappa shape index (κ3) is 8.06. The number of nitrogens with one attached hydrogen (secondary N) is 2. The zero-order valence-corrected chi connectivity index (χ0v) is 33.4. The maximum absolute atomic E-state index is 4.05. The quantitative estimate of drug-likeness (QED) is 0.130. The minimum absolute atomic E-state index is 0.0172. The number of hydrogen-bond acceptors (Lipinski definition) is 3. The van der Waals surface area contributed by atoms with E-state index >= 15 is 0 Å². The highest BCUT2D eigenvalue weighted by Crippen LogP contribution is 2.45. The van der Waals surface area contributed by atoms with Crippen molar-refractivity contribution < 1.29 is 0 Å². The molecule has 0 saturated heterocycles. The highest BCUT2D eigenvalue weighted by atomic mass is 32.1. The van der Waals surface area contributed by atoms with Gasteiger partial charge in [0.15, 0.2) is 0 Å². The molecule has 0 saturated carbocycles. The van der Waals surface area contributed by atoms with Crippen LogP contribution in [0.2, 0.25) is 0 Å². The van der Waals surface area contributed by atoms with E-state index in [2.05, 4.69) is 186 Å². The fraction of sp³-hybridized carbons (Fsp3) is 0.280. The Labute approximate surface area is 321 Å². The van der Waals surface area contributed by atoms with Crippen LogP contribution in [0.3, 0.4) is 0 Å². The molecule has 0 fully saturated rings. The van der Waals surface area contributed by atoms with Crippen LogP contribution in [-0.4, -0.2) is 0 Å². The molecule has 0 radical (unpaired) electrons. The van der Waals surface area contributed by atoms with E-state index < -0.39 is 0 Å². The van der Waals surface area contributed by atoms with Gasteiger partial charge in [0.1, 0.15) is 0 Å². The predicted octanol–water partition coefficient (Wildman–Crippen LogP) is 15.6. The largest absolute Gasteiger partial charge is 0.354 e. The smallest absolute Gasteiger partial charge is 0.0598 e. The molecular weight excluding hydrogens is 661 g/mol. The van der Waals surface area contributed by atoms with E-state index in [1.165, 1.54) is 90.5 Å². The van der Waals surface area contributed by atoms with Crippen molar-refractivity contribution in [2.45, 2.75) is 91.4 Å².